The molecule has 262 valence electrons. The maximum atomic E-state index is 13.0. The third kappa shape index (κ3) is 9.77. The first-order valence-electron chi connectivity index (χ1n) is 15.2. The maximum Gasteiger partial charge on any atom is 0.451 e. The fourth-order valence-corrected chi connectivity index (χ4v) is 5.06. The summed E-state index contributed by atoms with van der Waals surface area (Å²) in [5.41, 5.74) is 9.46. The van der Waals surface area contributed by atoms with Gasteiger partial charge in [-0.05, 0) is 40.8 Å². The van der Waals surface area contributed by atoms with E-state index in [1.54, 1.807) is 22.8 Å². The zero-order valence-corrected chi connectivity index (χ0v) is 27.8. The minimum absolute atomic E-state index is 0.0200. The monoisotopic (exact) mass is 707 g/mol. The highest BCUT2D eigenvalue weighted by Gasteiger charge is 2.25. The second-order valence-electron chi connectivity index (χ2n) is 10.6. The molecule has 0 aliphatic carbocycles. The second kappa shape index (κ2) is 17.4. The predicted molar refractivity (Wildman–Crippen MR) is 180 cm³/mol. The van der Waals surface area contributed by atoms with Crippen molar-refractivity contribution in [1.82, 2.24) is 14.7 Å². The first-order valence-corrected chi connectivity index (χ1v) is 15.6. The molecule has 0 aliphatic rings. The molecule has 0 spiro atoms. The number of halogens is 1. The van der Waals surface area contributed by atoms with E-state index in [1.165, 1.54) is 25.1 Å². The van der Waals surface area contributed by atoms with E-state index in [1.807, 2.05) is 43.3 Å². The Kier molecular flexibility index (Phi) is 12.8. The number of unbranched alkanes of at least 4 members (excludes halogenated alkanes) is 1. The number of carbonyl (C=O) groups excluding carboxylic acids is 3. The molecule has 0 saturated carbocycles. The summed E-state index contributed by atoms with van der Waals surface area (Å²) in [6.45, 7) is 3.54. The van der Waals surface area contributed by atoms with Crippen LogP contribution in [-0.2, 0) is 38.7 Å². The van der Waals surface area contributed by atoms with Crippen LogP contribution in [0.2, 0.25) is 5.15 Å². The van der Waals surface area contributed by atoms with E-state index in [0.717, 1.165) is 24.0 Å². The maximum absolute atomic E-state index is 13.0. The lowest BCUT2D eigenvalue weighted by Crippen LogP contribution is -2.37. The number of rotatable bonds is 16. The number of nitrogens with two attached hydrogens (primary N) is 2. The Bertz CT molecular complexity index is 1860. The van der Waals surface area contributed by atoms with Gasteiger partial charge in [0.1, 0.15) is 18.2 Å². The van der Waals surface area contributed by atoms with Crippen LogP contribution in [-0.4, -0.2) is 50.4 Å². The van der Waals surface area contributed by atoms with Crippen molar-refractivity contribution in [1.29, 1.82) is 0 Å². The number of nitrogens with zero attached hydrogens (tertiary/aromatic N) is 5. The molecule has 4 rings (SSSR count). The van der Waals surface area contributed by atoms with Gasteiger partial charge in [0.2, 0.25) is 6.29 Å². The van der Waals surface area contributed by atoms with Gasteiger partial charge in [0.15, 0.2) is 16.7 Å². The zero-order chi connectivity index (χ0) is 36.2. The summed E-state index contributed by atoms with van der Waals surface area (Å²) in [6, 6.07) is 20.4. The molecule has 0 radical (unpaired) electrons. The van der Waals surface area contributed by atoms with Gasteiger partial charge in [-0.3, -0.25) is 4.79 Å². The van der Waals surface area contributed by atoms with E-state index >= 15 is 0 Å². The topological polar surface area (TPSA) is 217 Å². The summed E-state index contributed by atoms with van der Waals surface area (Å²) in [6.07, 6.45) is 0.111. The van der Waals surface area contributed by atoms with Crippen LogP contribution >= 0.6 is 11.6 Å². The van der Waals surface area contributed by atoms with Gasteiger partial charge in [-0.1, -0.05) is 85.6 Å². The van der Waals surface area contributed by atoms with Crippen LogP contribution in [0.25, 0.3) is 11.1 Å². The smallest absolute Gasteiger partial charge is 0.428 e. The van der Waals surface area contributed by atoms with E-state index in [2.05, 4.69) is 14.9 Å². The lowest BCUT2D eigenvalue weighted by atomic mass is 9.98. The fraction of sp³-hybridized carbons (Fsp3) is 0.242. The number of benzene rings is 3. The molecule has 4 aromatic rings. The van der Waals surface area contributed by atoms with E-state index in [-0.39, 0.29) is 42.1 Å². The molecule has 0 saturated heterocycles. The van der Waals surface area contributed by atoms with Crippen molar-refractivity contribution >= 4 is 36.0 Å². The number of carbonyl (C=O) groups is 3. The van der Waals surface area contributed by atoms with Gasteiger partial charge in [-0.25, -0.2) is 20.4 Å². The molecule has 1 amide bonds. The summed E-state index contributed by atoms with van der Waals surface area (Å²) < 4.78 is 16.8. The number of imidazole rings is 1. The Balaban J connectivity index is 1.53. The number of esters is 1. The Morgan fingerprint density at radius 3 is 2.56 bits per heavy atom. The Morgan fingerprint density at radius 2 is 1.86 bits per heavy atom. The van der Waals surface area contributed by atoms with Gasteiger partial charge >= 0.3 is 12.1 Å². The van der Waals surface area contributed by atoms with Gasteiger partial charge in [0.05, 0.1) is 0 Å². The van der Waals surface area contributed by atoms with Gasteiger partial charge in [0, 0.05) is 25.5 Å². The highest BCUT2D eigenvalue weighted by Crippen LogP contribution is 2.27. The van der Waals surface area contributed by atoms with Crippen LogP contribution in [0.3, 0.4) is 0 Å². The predicted octanol–water partition coefficient (Wildman–Crippen LogP) is 4.97. The lowest BCUT2D eigenvalue weighted by molar-refractivity contribution is -0.763. The van der Waals surface area contributed by atoms with E-state index in [0.29, 0.717) is 34.1 Å². The minimum Gasteiger partial charge on any atom is -0.428 e. The van der Waals surface area contributed by atoms with Crippen LogP contribution in [0.1, 0.15) is 59.7 Å². The van der Waals surface area contributed by atoms with Crippen molar-refractivity contribution in [2.75, 3.05) is 0 Å². The summed E-state index contributed by atoms with van der Waals surface area (Å²) in [5.74, 6) is 5.65. The molecule has 0 fully saturated rings. The third-order valence-corrected chi connectivity index (χ3v) is 7.39. The van der Waals surface area contributed by atoms with Crippen LogP contribution < -0.4 is 16.3 Å². The summed E-state index contributed by atoms with van der Waals surface area (Å²) in [7, 11) is 0. The number of hydrazine groups is 1. The highest BCUT2D eigenvalue weighted by atomic mass is 35.5. The number of amidine groups is 1. The Hall–Kier alpha value is -6.00. The molecule has 1 aromatic heterocycles. The van der Waals surface area contributed by atoms with Crippen molar-refractivity contribution in [3.8, 4) is 16.9 Å². The molecule has 1 heterocycles. The Labute approximate surface area is 291 Å². The molecule has 16 nitrogen and oxygen atoms in total. The largest absolute Gasteiger partial charge is 0.451 e. The van der Waals surface area contributed by atoms with Crippen molar-refractivity contribution in [3.05, 3.63) is 116 Å². The number of hydrazone groups is 1. The van der Waals surface area contributed by atoms with Crippen molar-refractivity contribution in [2.45, 2.75) is 52.6 Å². The molecule has 3 aromatic carbocycles. The standard InChI is InChI=1S/C33H34ClN7O9/c1-3-4-12-28-37-30(34)29(32(43)49-21(2)47-20-42)39(28)18-22-13-15-24(16-14-22)26-10-5-6-11-27(26)31(35)38-40(36)33(44)50-25-9-7-8-23(17-25)19-48-41(45)46/h5-11,13-17,20-21H,3-4,12,18-19,36H2,1-2H3,(H2,35,38). The Morgan fingerprint density at radius 1 is 1.12 bits per heavy atom. The molecular formula is C33H34ClN7O9. The fourth-order valence-electron chi connectivity index (χ4n) is 4.78. The van der Waals surface area contributed by atoms with E-state index in [4.69, 9.17) is 37.4 Å². The van der Waals surface area contributed by atoms with E-state index < -0.39 is 23.4 Å². The van der Waals surface area contributed by atoms with Crippen LogP contribution in [0.5, 0.6) is 5.75 Å². The minimum atomic E-state index is -1.12. The summed E-state index contributed by atoms with van der Waals surface area (Å²) in [4.78, 5) is 55.5. The van der Waals surface area contributed by atoms with Gasteiger partial charge < -0.3 is 29.3 Å². The molecule has 17 heteroatoms. The average Bonchev–Trinajstić information content (AvgIpc) is 3.40. The molecule has 1 atom stereocenters. The van der Waals surface area contributed by atoms with Crippen LogP contribution in [0.4, 0.5) is 4.79 Å². The molecule has 1 unspecified atom stereocenters. The van der Waals surface area contributed by atoms with Gasteiger partial charge in [0.25, 0.3) is 11.6 Å². The third-order valence-electron chi connectivity index (χ3n) is 7.12. The molecule has 50 heavy (non-hydrogen) atoms. The first-order chi connectivity index (χ1) is 24.0. The number of aromatic nitrogens is 2. The van der Waals surface area contributed by atoms with E-state index in [9.17, 15) is 24.5 Å². The summed E-state index contributed by atoms with van der Waals surface area (Å²) >= 11 is 6.39. The highest BCUT2D eigenvalue weighted by molar-refractivity contribution is 6.32. The quantitative estimate of drug-likeness (QED) is 0.0182. The number of hydrogen-bond acceptors (Lipinski definition) is 12. The lowest BCUT2D eigenvalue weighted by Gasteiger charge is -2.15. The second-order valence-corrected chi connectivity index (χ2v) is 11.0. The van der Waals surface area contributed by atoms with Crippen LogP contribution in [0.15, 0.2) is 77.9 Å². The average molecular weight is 708 g/mol. The van der Waals surface area contributed by atoms with Crippen molar-refractivity contribution < 1.29 is 38.5 Å². The molecule has 4 N–H and O–H groups in total. The van der Waals surface area contributed by atoms with Gasteiger partial charge in [-0.2, -0.15) is 0 Å². The summed E-state index contributed by atoms with van der Waals surface area (Å²) in [5, 5.41) is 14.0. The number of aryl methyl sites for hydroxylation is 1. The van der Waals surface area contributed by atoms with Crippen molar-refractivity contribution in [2.24, 2.45) is 16.7 Å². The number of amides is 1. The molecule has 0 aliphatic heterocycles. The molecule has 0 bridgehead atoms. The SMILES string of the molecule is CCCCc1nc(Cl)c(C(=O)OC(C)OC=O)n1Cc1ccc(-c2ccccc2/C(N)=N/N(N)C(=O)Oc2cccc(CO[N+](=O)[O-])c2)cc1. The zero-order valence-electron chi connectivity index (χ0n) is 27.1. The first kappa shape index (κ1) is 36.8. The molecular weight excluding hydrogens is 674 g/mol. The number of hydrogen-bond donors (Lipinski definition) is 2. The normalized spacial score (nSPS) is 11.7. The van der Waals surface area contributed by atoms with Gasteiger partial charge in [-0.15, -0.1) is 20.3 Å². The van der Waals surface area contributed by atoms with Crippen LogP contribution in [0, 0.1) is 10.1 Å². The van der Waals surface area contributed by atoms with Crippen molar-refractivity contribution in [3.63, 3.8) is 0 Å². The number of ether oxygens (including phenoxy) is 3.